The highest BCUT2D eigenvalue weighted by Gasteiger charge is 2.34. The summed E-state index contributed by atoms with van der Waals surface area (Å²) >= 11 is 1.27. The first-order chi connectivity index (χ1) is 21.8. The molecule has 0 atom stereocenters. The fourth-order valence-electron chi connectivity index (χ4n) is 5.80. The molecule has 1 aliphatic heterocycles. The molecule has 4 amide bonds. The second-order valence-electron chi connectivity index (χ2n) is 11.6. The highest BCUT2D eigenvalue weighted by molar-refractivity contribution is 7.21. The lowest BCUT2D eigenvalue weighted by Gasteiger charge is -2.30. The minimum absolute atomic E-state index is 0.0187. The van der Waals surface area contributed by atoms with Crippen molar-refractivity contribution in [1.29, 1.82) is 0 Å². The number of para-hydroxylation sites is 1. The van der Waals surface area contributed by atoms with Gasteiger partial charge in [-0.2, -0.15) is 0 Å². The maximum Gasteiger partial charge on any atom is 0.331 e. The molecule has 3 heterocycles. The fraction of sp³-hybridized carbons (Fsp3) is 0.294. The van der Waals surface area contributed by atoms with E-state index < -0.39 is 0 Å². The number of hydrogen-bond donors (Lipinski definition) is 3. The Morgan fingerprint density at radius 1 is 1.02 bits per heavy atom. The number of amides is 4. The molecule has 0 spiro atoms. The predicted octanol–water partition coefficient (Wildman–Crippen LogP) is 6.36. The van der Waals surface area contributed by atoms with E-state index in [0.717, 1.165) is 42.4 Å². The Balaban J connectivity index is 1.15. The number of nitrogens with one attached hydrogen (secondary N) is 3. The molecule has 6 rings (SSSR count). The van der Waals surface area contributed by atoms with Gasteiger partial charge in [-0.05, 0) is 88.7 Å². The third-order valence-corrected chi connectivity index (χ3v) is 9.09. The van der Waals surface area contributed by atoms with Crippen LogP contribution in [0.1, 0.15) is 40.9 Å². The van der Waals surface area contributed by atoms with Crippen molar-refractivity contribution in [2.45, 2.75) is 44.7 Å². The molecule has 1 saturated carbocycles. The van der Waals surface area contributed by atoms with Crippen LogP contribution in [0.15, 0.2) is 72.9 Å². The predicted molar refractivity (Wildman–Crippen MR) is 178 cm³/mol. The molecule has 1 fully saturated rings. The van der Waals surface area contributed by atoms with E-state index in [-0.39, 0.29) is 29.9 Å². The summed E-state index contributed by atoms with van der Waals surface area (Å²) in [5.41, 5.74) is 2.73. The van der Waals surface area contributed by atoms with Gasteiger partial charge in [0.25, 0.3) is 5.91 Å². The standard InChI is InChI=1S/C34H36N6O4S/c1-21-20-25(44-24-8-5-4-6-9-24)15-16-26(21)40-27-17-18-35-33-29(27)30(38-34(40)43)31(45-33)32(42)37-23-13-11-22(12-14-23)36-28(41)10-7-19-39(2)3/h4-10,15-18,20,22-23H,11-14,19H2,1-3H3,(H,36,41)(H,37,42)(H,38,43)/b10-7+. The molecular weight excluding hydrogens is 588 g/mol. The summed E-state index contributed by atoms with van der Waals surface area (Å²) in [6.45, 7) is 2.64. The molecule has 1 aliphatic carbocycles. The number of aryl methyl sites for hydroxylation is 1. The number of rotatable bonds is 9. The van der Waals surface area contributed by atoms with E-state index >= 15 is 0 Å². The van der Waals surface area contributed by atoms with Gasteiger partial charge >= 0.3 is 6.03 Å². The number of thiophene rings is 1. The summed E-state index contributed by atoms with van der Waals surface area (Å²) in [5.74, 6) is 1.08. The number of pyridine rings is 1. The van der Waals surface area contributed by atoms with E-state index in [0.29, 0.717) is 39.1 Å². The maximum absolute atomic E-state index is 13.6. The number of nitrogens with zero attached hydrogens (tertiary/aromatic N) is 3. The van der Waals surface area contributed by atoms with Crippen LogP contribution in [0.25, 0.3) is 10.2 Å². The van der Waals surface area contributed by atoms with Gasteiger partial charge in [0.1, 0.15) is 21.2 Å². The Morgan fingerprint density at radius 2 is 1.76 bits per heavy atom. The van der Waals surface area contributed by atoms with Gasteiger partial charge in [0.2, 0.25) is 5.91 Å². The summed E-state index contributed by atoms with van der Waals surface area (Å²) in [7, 11) is 3.90. The lowest BCUT2D eigenvalue weighted by Crippen LogP contribution is -2.43. The zero-order chi connectivity index (χ0) is 31.5. The quantitative estimate of drug-likeness (QED) is 0.187. The lowest BCUT2D eigenvalue weighted by molar-refractivity contribution is -0.117. The van der Waals surface area contributed by atoms with Gasteiger partial charge in [-0.25, -0.2) is 9.78 Å². The molecule has 0 unspecified atom stereocenters. The smallest absolute Gasteiger partial charge is 0.331 e. The molecular formula is C34H36N6O4S. The third kappa shape index (κ3) is 6.69. The van der Waals surface area contributed by atoms with Crippen molar-refractivity contribution in [3.8, 4) is 11.5 Å². The van der Waals surface area contributed by atoms with Crippen molar-refractivity contribution >= 4 is 56.5 Å². The normalized spacial score (nSPS) is 17.9. The van der Waals surface area contributed by atoms with Gasteiger partial charge in [-0.1, -0.05) is 24.3 Å². The van der Waals surface area contributed by atoms with Crippen LogP contribution in [0.3, 0.4) is 0 Å². The van der Waals surface area contributed by atoms with E-state index in [1.807, 2.05) is 80.5 Å². The SMILES string of the molecule is Cc1cc(Oc2ccccc2)ccc1N1C(=O)Nc2c(C(=O)NC3CCC(NC(=O)/C=C/CN(C)C)CC3)sc3nccc1c23. The van der Waals surface area contributed by atoms with Gasteiger partial charge in [-0.15, -0.1) is 11.3 Å². The first kappa shape index (κ1) is 30.3. The molecule has 3 N–H and O–H groups in total. The van der Waals surface area contributed by atoms with Gasteiger partial charge in [0, 0.05) is 30.9 Å². The van der Waals surface area contributed by atoms with Gasteiger partial charge < -0.3 is 25.6 Å². The number of aromatic nitrogens is 1. The second-order valence-corrected chi connectivity index (χ2v) is 12.6. The highest BCUT2D eigenvalue weighted by Crippen LogP contribution is 2.46. The van der Waals surface area contributed by atoms with Gasteiger partial charge in [0.15, 0.2) is 0 Å². The average molecular weight is 625 g/mol. The Labute approximate surface area is 266 Å². The maximum atomic E-state index is 13.6. The molecule has 11 heteroatoms. The summed E-state index contributed by atoms with van der Waals surface area (Å²) in [5, 5.41) is 9.95. The van der Waals surface area contributed by atoms with E-state index in [4.69, 9.17) is 4.74 Å². The molecule has 2 aliphatic rings. The number of carbonyl (C=O) groups is 3. The minimum atomic E-state index is -0.349. The largest absolute Gasteiger partial charge is 0.457 e. The molecule has 0 radical (unpaired) electrons. The summed E-state index contributed by atoms with van der Waals surface area (Å²) in [4.78, 5) is 48.6. The lowest BCUT2D eigenvalue weighted by atomic mass is 9.91. The Morgan fingerprint density at radius 3 is 2.47 bits per heavy atom. The second kappa shape index (κ2) is 13.1. The van der Waals surface area contributed by atoms with Crippen molar-refractivity contribution < 1.29 is 19.1 Å². The van der Waals surface area contributed by atoms with Crippen LogP contribution in [0.2, 0.25) is 0 Å². The van der Waals surface area contributed by atoms with Crippen LogP contribution < -0.4 is 25.6 Å². The molecule has 10 nitrogen and oxygen atoms in total. The summed E-state index contributed by atoms with van der Waals surface area (Å²) in [6, 6.07) is 16.7. The van der Waals surface area contributed by atoms with Crippen LogP contribution in [0.5, 0.6) is 11.5 Å². The molecule has 232 valence electrons. The van der Waals surface area contributed by atoms with E-state index in [1.165, 1.54) is 11.3 Å². The van der Waals surface area contributed by atoms with Crippen LogP contribution in [-0.4, -0.2) is 60.5 Å². The van der Waals surface area contributed by atoms with Crippen molar-refractivity contribution in [3.05, 3.63) is 83.4 Å². The number of carbonyl (C=O) groups excluding carboxylic acids is 3. The van der Waals surface area contributed by atoms with Crippen molar-refractivity contribution in [2.75, 3.05) is 30.9 Å². The van der Waals surface area contributed by atoms with E-state index in [1.54, 1.807) is 23.2 Å². The average Bonchev–Trinajstić information content (AvgIpc) is 3.39. The third-order valence-electron chi connectivity index (χ3n) is 7.99. The van der Waals surface area contributed by atoms with Crippen LogP contribution in [-0.2, 0) is 4.79 Å². The molecule has 4 aromatic rings. The van der Waals surface area contributed by atoms with Crippen molar-refractivity contribution in [3.63, 3.8) is 0 Å². The molecule has 2 aromatic heterocycles. The van der Waals surface area contributed by atoms with Crippen molar-refractivity contribution in [1.82, 2.24) is 20.5 Å². The van der Waals surface area contributed by atoms with E-state index in [2.05, 4.69) is 20.9 Å². The number of benzene rings is 2. The topological polar surface area (TPSA) is 116 Å². The summed E-state index contributed by atoms with van der Waals surface area (Å²) < 4.78 is 5.98. The van der Waals surface area contributed by atoms with Crippen LogP contribution >= 0.6 is 11.3 Å². The molecule has 0 saturated heterocycles. The zero-order valence-corrected chi connectivity index (χ0v) is 26.3. The fourth-order valence-corrected chi connectivity index (χ4v) is 6.83. The zero-order valence-electron chi connectivity index (χ0n) is 25.5. The van der Waals surface area contributed by atoms with Crippen LogP contribution in [0.4, 0.5) is 21.9 Å². The minimum Gasteiger partial charge on any atom is -0.457 e. The summed E-state index contributed by atoms with van der Waals surface area (Å²) in [6.07, 6.45) is 8.16. The first-order valence-corrected chi connectivity index (χ1v) is 15.9. The highest BCUT2D eigenvalue weighted by atomic mass is 32.1. The number of likely N-dealkylation sites (N-methyl/N-ethyl adjacent to an activating group) is 1. The number of hydrogen-bond acceptors (Lipinski definition) is 7. The van der Waals surface area contributed by atoms with Gasteiger partial charge in [-0.3, -0.25) is 14.5 Å². The number of ether oxygens (including phenoxy) is 1. The molecule has 0 bridgehead atoms. The van der Waals surface area contributed by atoms with Crippen LogP contribution in [0, 0.1) is 6.92 Å². The Kier molecular flexibility index (Phi) is 8.81. The number of anilines is 3. The first-order valence-electron chi connectivity index (χ1n) is 15.1. The monoisotopic (exact) mass is 624 g/mol. The Bertz CT molecular complexity index is 1760. The molecule has 2 aromatic carbocycles. The Hall–Kier alpha value is -4.74. The molecule has 45 heavy (non-hydrogen) atoms. The van der Waals surface area contributed by atoms with Crippen molar-refractivity contribution in [2.24, 2.45) is 0 Å². The number of urea groups is 1. The van der Waals surface area contributed by atoms with Gasteiger partial charge in [0.05, 0.1) is 22.4 Å². The van der Waals surface area contributed by atoms with E-state index in [9.17, 15) is 14.4 Å².